The van der Waals surface area contributed by atoms with Gasteiger partial charge in [-0.25, -0.2) is 0 Å². The Morgan fingerprint density at radius 1 is 1.31 bits per heavy atom. The fraction of sp³-hybridized carbons (Fsp3) is 0.773. The molecule has 1 heterocycles. The highest BCUT2D eigenvalue weighted by atomic mass is 16.6. The average Bonchev–Trinajstić information content (AvgIpc) is 2.92. The summed E-state index contributed by atoms with van der Waals surface area (Å²) in [5.41, 5.74) is 2.04. The zero-order valence-corrected chi connectivity index (χ0v) is 16.8. The van der Waals surface area contributed by atoms with Gasteiger partial charge in [0.15, 0.2) is 5.60 Å². The lowest BCUT2D eigenvalue weighted by atomic mass is 9.56. The van der Waals surface area contributed by atoms with Gasteiger partial charge in [0.25, 0.3) is 0 Å². The average molecular weight is 360 g/mol. The van der Waals surface area contributed by atoms with Gasteiger partial charge in [0.1, 0.15) is 11.7 Å². The lowest BCUT2D eigenvalue weighted by molar-refractivity contribution is -0.295. The van der Waals surface area contributed by atoms with Crippen molar-refractivity contribution in [3.05, 3.63) is 23.3 Å². The molecule has 0 spiro atoms. The van der Waals surface area contributed by atoms with Gasteiger partial charge in [0.05, 0.1) is 6.42 Å². The number of allylic oxidation sites excluding steroid dienone is 2. The van der Waals surface area contributed by atoms with E-state index in [2.05, 4.69) is 27.4 Å². The number of rotatable bonds is 4. The monoisotopic (exact) mass is 360 g/mol. The van der Waals surface area contributed by atoms with Crippen molar-refractivity contribution in [2.75, 3.05) is 13.2 Å². The van der Waals surface area contributed by atoms with E-state index in [0.29, 0.717) is 25.6 Å². The molecule has 144 valence electrons. The van der Waals surface area contributed by atoms with Crippen molar-refractivity contribution < 1.29 is 19.0 Å². The number of ether oxygens (including phenoxy) is 3. The van der Waals surface area contributed by atoms with Gasteiger partial charge in [-0.05, 0) is 63.0 Å². The third kappa shape index (κ3) is 1.80. The first-order valence-electron chi connectivity index (χ1n) is 10.2. The molecule has 3 aliphatic carbocycles. The summed E-state index contributed by atoms with van der Waals surface area (Å²) in [6, 6.07) is 0. The van der Waals surface area contributed by atoms with Gasteiger partial charge in [-0.2, -0.15) is 0 Å². The van der Waals surface area contributed by atoms with Crippen LogP contribution in [-0.4, -0.2) is 36.5 Å². The molecule has 2 bridgehead atoms. The Balaban J connectivity index is 2.05. The normalized spacial score (nSPS) is 47.0. The van der Waals surface area contributed by atoms with Crippen LogP contribution in [-0.2, 0) is 19.0 Å². The van der Waals surface area contributed by atoms with E-state index in [4.69, 9.17) is 14.2 Å². The van der Waals surface area contributed by atoms with Crippen molar-refractivity contribution >= 4 is 5.97 Å². The van der Waals surface area contributed by atoms with Crippen molar-refractivity contribution in [2.24, 2.45) is 17.3 Å². The van der Waals surface area contributed by atoms with Crippen molar-refractivity contribution in [1.29, 1.82) is 0 Å². The maximum absolute atomic E-state index is 12.8. The van der Waals surface area contributed by atoms with E-state index in [1.807, 2.05) is 13.8 Å². The van der Waals surface area contributed by atoms with Crippen LogP contribution in [0, 0.1) is 17.3 Å². The molecule has 3 fully saturated rings. The quantitative estimate of drug-likeness (QED) is 0.705. The van der Waals surface area contributed by atoms with Gasteiger partial charge < -0.3 is 14.2 Å². The van der Waals surface area contributed by atoms with Crippen molar-refractivity contribution in [1.82, 2.24) is 0 Å². The molecule has 1 aliphatic heterocycles. The molecule has 26 heavy (non-hydrogen) atoms. The summed E-state index contributed by atoms with van der Waals surface area (Å²) >= 11 is 0. The fourth-order valence-corrected chi connectivity index (χ4v) is 6.82. The second kappa shape index (κ2) is 5.68. The molecular formula is C22H32O4. The van der Waals surface area contributed by atoms with Gasteiger partial charge in [-0.3, -0.25) is 4.79 Å². The number of hydrogen-bond acceptors (Lipinski definition) is 4. The zero-order chi connectivity index (χ0) is 18.9. The van der Waals surface area contributed by atoms with Gasteiger partial charge in [-0.15, -0.1) is 0 Å². The second-order valence-electron chi connectivity index (χ2n) is 8.85. The lowest BCUT2D eigenvalue weighted by Crippen LogP contribution is -2.73. The number of carbonyl (C=O) groups excluding carboxylic acids is 1. The maximum atomic E-state index is 12.8. The van der Waals surface area contributed by atoms with Gasteiger partial charge in [0.2, 0.25) is 0 Å². The summed E-state index contributed by atoms with van der Waals surface area (Å²) in [6.45, 7) is 16.2. The van der Waals surface area contributed by atoms with Crippen molar-refractivity contribution in [2.45, 2.75) is 77.6 Å². The Bertz CT molecular complexity index is 694. The van der Waals surface area contributed by atoms with E-state index in [0.717, 1.165) is 19.3 Å². The Morgan fingerprint density at radius 3 is 2.69 bits per heavy atom. The second-order valence-corrected chi connectivity index (χ2v) is 8.85. The third-order valence-corrected chi connectivity index (χ3v) is 7.82. The van der Waals surface area contributed by atoms with E-state index >= 15 is 0 Å². The highest BCUT2D eigenvalue weighted by molar-refractivity contribution is 5.77. The van der Waals surface area contributed by atoms with Crippen LogP contribution in [0.3, 0.4) is 0 Å². The molecule has 4 heteroatoms. The molecule has 0 amide bonds. The molecule has 4 unspecified atom stereocenters. The highest BCUT2D eigenvalue weighted by Gasteiger charge is 2.82. The maximum Gasteiger partial charge on any atom is 0.307 e. The lowest BCUT2D eigenvalue weighted by Gasteiger charge is -2.61. The van der Waals surface area contributed by atoms with E-state index in [1.165, 1.54) is 16.7 Å². The summed E-state index contributed by atoms with van der Waals surface area (Å²) < 4.78 is 19.3. The van der Waals surface area contributed by atoms with Gasteiger partial charge >= 0.3 is 5.97 Å². The van der Waals surface area contributed by atoms with Crippen LogP contribution in [0.5, 0.6) is 0 Å². The van der Waals surface area contributed by atoms with E-state index in [1.54, 1.807) is 0 Å². The van der Waals surface area contributed by atoms with E-state index in [-0.39, 0.29) is 23.4 Å². The first-order chi connectivity index (χ1) is 12.3. The van der Waals surface area contributed by atoms with Crippen molar-refractivity contribution in [3.63, 3.8) is 0 Å². The summed E-state index contributed by atoms with van der Waals surface area (Å²) in [6.07, 6.45) is 3.08. The predicted octanol–water partition coefficient (Wildman–Crippen LogP) is 4.19. The summed E-state index contributed by atoms with van der Waals surface area (Å²) in [7, 11) is 0. The molecule has 4 aliphatic rings. The van der Waals surface area contributed by atoms with Crippen LogP contribution < -0.4 is 0 Å². The molecule has 0 aromatic heterocycles. The molecule has 0 aromatic rings. The van der Waals surface area contributed by atoms with Crippen LogP contribution >= 0.6 is 0 Å². The van der Waals surface area contributed by atoms with Crippen molar-refractivity contribution in [3.8, 4) is 0 Å². The SMILES string of the molecule is C=C1C[C@@H]2C(=C1C)C13OC(=O)CC2(C)[C@@]1(OCC)CCC(C)C3OCC. The minimum absolute atomic E-state index is 0.109. The summed E-state index contributed by atoms with van der Waals surface area (Å²) in [5.74, 6) is 0.454. The van der Waals surface area contributed by atoms with Crippen LogP contribution in [0.1, 0.15) is 60.3 Å². The standard InChI is InChI=1S/C22H32O4/c1-7-24-19-13(3)9-10-21(25-8-2)20(6)12-17(23)26-22(19,21)18-15(5)14(4)11-16(18)20/h13,16,19H,4,7-12H2,1-3,5-6H3/t13?,16-,19?,20?,21+,22?/m1/s1. The molecule has 4 nitrogen and oxygen atoms in total. The molecule has 2 saturated carbocycles. The molecule has 0 N–H and O–H groups in total. The predicted molar refractivity (Wildman–Crippen MR) is 99.7 cm³/mol. The highest BCUT2D eigenvalue weighted by Crippen LogP contribution is 2.74. The number of esters is 1. The van der Waals surface area contributed by atoms with E-state index in [9.17, 15) is 4.79 Å². The minimum atomic E-state index is -0.811. The Hall–Kier alpha value is -1.13. The molecule has 4 rings (SSSR count). The molecule has 6 atom stereocenters. The Labute approximate surface area is 157 Å². The largest absolute Gasteiger partial charge is 0.448 e. The molecule has 0 radical (unpaired) electrons. The molecular weight excluding hydrogens is 328 g/mol. The number of hydrogen-bond donors (Lipinski definition) is 0. The Morgan fingerprint density at radius 2 is 2.04 bits per heavy atom. The topological polar surface area (TPSA) is 44.8 Å². The Kier molecular flexibility index (Phi) is 3.99. The first-order valence-corrected chi connectivity index (χ1v) is 10.2. The zero-order valence-electron chi connectivity index (χ0n) is 16.8. The van der Waals surface area contributed by atoms with Crippen LogP contribution in [0.4, 0.5) is 0 Å². The van der Waals surface area contributed by atoms with E-state index < -0.39 is 11.2 Å². The number of carbonyl (C=O) groups is 1. The van der Waals surface area contributed by atoms with Crippen LogP contribution in [0.25, 0.3) is 0 Å². The summed E-state index contributed by atoms with van der Waals surface area (Å²) in [4.78, 5) is 12.8. The van der Waals surface area contributed by atoms with Gasteiger partial charge in [0, 0.05) is 18.6 Å². The molecule has 1 saturated heterocycles. The fourth-order valence-electron chi connectivity index (χ4n) is 6.82. The van der Waals surface area contributed by atoms with Gasteiger partial charge in [-0.1, -0.05) is 26.0 Å². The smallest absolute Gasteiger partial charge is 0.307 e. The van der Waals surface area contributed by atoms with Crippen LogP contribution in [0.2, 0.25) is 0 Å². The first kappa shape index (κ1) is 18.2. The minimum Gasteiger partial charge on any atom is -0.448 e. The number of fused-ring (bicyclic) bond motifs is 2. The summed E-state index contributed by atoms with van der Waals surface area (Å²) in [5, 5.41) is 0. The third-order valence-electron chi connectivity index (χ3n) is 7.82. The van der Waals surface area contributed by atoms with Crippen LogP contribution in [0.15, 0.2) is 23.3 Å². The molecule has 0 aromatic carbocycles.